The Morgan fingerprint density at radius 3 is 1.48 bits per heavy atom. The molecule has 0 saturated heterocycles. The van der Waals surface area contributed by atoms with Crippen molar-refractivity contribution in [1.29, 1.82) is 0 Å². The van der Waals surface area contributed by atoms with E-state index in [1.807, 2.05) is 12.1 Å². The van der Waals surface area contributed by atoms with Gasteiger partial charge in [0, 0.05) is 44.2 Å². The lowest BCUT2D eigenvalue weighted by Gasteiger charge is -2.28. The predicted molar refractivity (Wildman–Crippen MR) is 290 cm³/mol. The van der Waals surface area contributed by atoms with Crippen molar-refractivity contribution in [3.05, 3.63) is 267 Å². The van der Waals surface area contributed by atoms with Gasteiger partial charge in [-0.25, -0.2) is 0 Å². The molecule has 324 valence electrons. The zero-order valence-corrected chi connectivity index (χ0v) is 37.7. The standard InChI is InChI=1S/C66H44N2O/c1-2-14-45(15-3-1)46-28-30-49(31-29-46)57-20-4-8-24-62(57)67(56-19-13-18-52(43-56)53-36-41-61-60-23-7-11-27-65(60)69-66(61)44-53)54-37-32-47(33-38-54)50-16-12-17-51(42-50)48-34-39-55(40-35-48)68-63-25-9-5-21-58(63)59-22-6-10-26-64(59)68/h1-44H. The van der Waals surface area contributed by atoms with Gasteiger partial charge in [0.1, 0.15) is 11.2 Å². The molecule has 0 fully saturated rings. The van der Waals surface area contributed by atoms with E-state index in [0.717, 1.165) is 72.5 Å². The molecule has 2 aromatic heterocycles. The van der Waals surface area contributed by atoms with Crippen molar-refractivity contribution in [2.45, 2.75) is 0 Å². The minimum atomic E-state index is 0.885. The normalized spacial score (nSPS) is 11.5. The summed E-state index contributed by atoms with van der Waals surface area (Å²) in [7, 11) is 0. The van der Waals surface area contributed by atoms with E-state index in [1.54, 1.807) is 0 Å². The summed E-state index contributed by atoms with van der Waals surface area (Å²) in [5.41, 5.74) is 20.2. The highest BCUT2D eigenvalue weighted by atomic mass is 16.3. The Balaban J connectivity index is 0.864. The van der Waals surface area contributed by atoms with Crippen LogP contribution in [0.5, 0.6) is 0 Å². The fourth-order valence-corrected chi connectivity index (χ4v) is 10.2. The van der Waals surface area contributed by atoms with Crippen LogP contribution < -0.4 is 4.90 Å². The van der Waals surface area contributed by atoms with Crippen LogP contribution in [0.2, 0.25) is 0 Å². The second kappa shape index (κ2) is 16.9. The molecule has 0 spiro atoms. The summed E-state index contributed by atoms with van der Waals surface area (Å²) in [5, 5.41) is 4.79. The molecule has 3 nitrogen and oxygen atoms in total. The maximum Gasteiger partial charge on any atom is 0.136 e. The minimum absolute atomic E-state index is 0.885. The summed E-state index contributed by atoms with van der Waals surface area (Å²) in [5.74, 6) is 0. The molecule has 0 aliphatic carbocycles. The molecule has 69 heavy (non-hydrogen) atoms. The maximum absolute atomic E-state index is 6.35. The maximum atomic E-state index is 6.35. The predicted octanol–water partition coefficient (Wildman–Crippen LogP) is 18.5. The lowest BCUT2D eigenvalue weighted by molar-refractivity contribution is 0.669. The van der Waals surface area contributed by atoms with Crippen molar-refractivity contribution in [3.63, 3.8) is 0 Å². The van der Waals surface area contributed by atoms with Crippen LogP contribution in [0.1, 0.15) is 0 Å². The van der Waals surface area contributed by atoms with Gasteiger partial charge < -0.3 is 13.9 Å². The molecule has 0 aliphatic heterocycles. The van der Waals surface area contributed by atoms with Crippen molar-refractivity contribution in [2.24, 2.45) is 0 Å². The van der Waals surface area contributed by atoms with Crippen LogP contribution in [0.3, 0.4) is 0 Å². The van der Waals surface area contributed by atoms with Crippen LogP contribution in [0.15, 0.2) is 271 Å². The summed E-state index contributed by atoms with van der Waals surface area (Å²) in [6.07, 6.45) is 0. The van der Waals surface area contributed by atoms with E-state index in [2.05, 4.69) is 264 Å². The number of rotatable bonds is 9. The average molecular weight is 881 g/mol. The summed E-state index contributed by atoms with van der Waals surface area (Å²) in [4.78, 5) is 2.39. The van der Waals surface area contributed by atoms with Crippen molar-refractivity contribution in [3.8, 4) is 61.3 Å². The number of benzene rings is 11. The smallest absolute Gasteiger partial charge is 0.136 e. The lowest BCUT2D eigenvalue weighted by atomic mass is 9.97. The highest BCUT2D eigenvalue weighted by Gasteiger charge is 2.19. The van der Waals surface area contributed by atoms with Crippen LogP contribution in [0.25, 0.3) is 105 Å². The van der Waals surface area contributed by atoms with E-state index in [-0.39, 0.29) is 0 Å². The number of anilines is 3. The molecule has 3 heteroatoms. The molecule has 13 aromatic rings. The molecular formula is C66H44N2O. The first-order chi connectivity index (χ1) is 34.2. The van der Waals surface area contributed by atoms with Gasteiger partial charge in [0.2, 0.25) is 0 Å². The Kier molecular flexibility index (Phi) is 9.84. The number of furan rings is 1. The fourth-order valence-electron chi connectivity index (χ4n) is 10.2. The SMILES string of the molecule is c1ccc(-c2ccc(-c3ccccc3N(c3ccc(-c4cccc(-c5ccc(-n6c7ccccc7c7ccccc76)cc5)c4)cc3)c3cccc(-c4ccc5c(c4)oc4ccccc45)c3)cc2)cc1. The lowest BCUT2D eigenvalue weighted by Crippen LogP contribution is -2.11. The van der Waals surface area contributed by atoms with E-state index in [4.69, 9.17) is 4.42 Å². The van der Waals surface area contributed by atoms with Crippen molar-refractivity contribution in [1.82, 2.24) is 4.57 Å². The summed E-state index contributed by atoms with van der Waals surface area (Å²) < 4.78 is 8.71. The van der Waals surface area contributed by atoms with Crippen LogP contribution >= 0.6 is 0 Å². The van der Waals surface area contributed by atoms with Gasteiger partial charge >= 0.3 is 0 Å². The topological polar surface area (TPSA) is 21.3 Å². The van der Waals surface area contributed by atoms with Crippen LogP contribution in [0.4, 0.5) is 17.1 Å². The quantitative estimate of drug-likeness (QED) is 0.144. The largest absolute Gasteiger partial charge is 0.456 e. The van der Waals surface area contributed by atoms with Gasteiger partial charge in [0.05, 0.1) is 16.7 Å². The zero-order valence-electron chi connectivity index (χ0n) is 37.7. The van der Waals surface area contributed by atoms with E-state index >= 15 is 0 Å². The number of hydrogen-bond donors (Lipinski definition) is 0. The Morgan fingerprint density at radius 1 is 0.275 bits per heavy atom. The van der Waals surface area contributed by atoms with Crippen LogP contribution in [0, 0.1) is 0 Å². The average Bonchev–Trinajstić information content (AvgIpc) is 3.97. The molecule has 0 saturated carbocycles. The molecule has 0 bridgehead atoms. The Morgan fingerprint density at radius 2 is 0.754 bits per heavy atom. The Hall–Kier alpha value is -9.18. The zero-order chi connectivity index (χ0) is 45.7. The van der Waals surface area contributed by atoms with Gasteiger partial charge in [-0.3, -0.25) is 0 Å². The molecule has 2 heterocycles. The first-order valence-corrected chi connectivity index (χ1v) is 23.6. The third-order valence-electron chi connectivity index (χ3n) is 13.6. The molecule has 0 radical (unpaired) electrons. The summed E-state index contributed by atoms with van der Waals surface area (Å²) in [6.45, 7) is 0. The first-order valence-electron chi connectivity index (χ1n) is 23.6. The van der Waals surface area contributed by atoms with Crippen LogP contribution in [-0.2, 0) is 0 Å². The number of nitrogens with zero attached hydrogens (tertiary/aromatic N) is 2. The van der Waals surface area contributed by atoms with Crippen LogP contribution in [-0.4, -0.2) is 4.57 Å². The van der Waals surface area contributed by atoms with Gasteiger partial charge in [-0.05, 0) is 129 Å². The molecule has 0 N–H and O–H groups in total. The van der Waals surface area contributed by atoms with Gasteiger partial charge in [-0.2, -0.15) is 0 Å². The molecule has 0 atom stereocenters. The second-order valence-electron chi connectivity index (χ2n) is 17.7. The van der Waals surface area contributed by atoms with Gasteiger partial charge in [-0.1, -0.05) is 188 Å². The van der Waals surface area contributed by atoms with E-state index in [1.165, 1.54) is 49.6 Å². The minimum Gasteiger partial charge on any atom is -0.456 e. The highest BCUT2D eigenvalue weighted by molar-refractivity contribution is 6.09. The van der Waals surface area contributed by atoms with Gasteiger partial charge in [-0.15, -0.1) is 0 Å². The van der Waals surface area contributed by atoms with Crippen molar-refractivity contribution >= 4 is 60.8 Å². The fraction of sp³-hybridized carbons (Fsp3) is 0. The van der Waals surface area contributed by atoms with E-state index in [0.29, 0.717) is 0 Å². The van der Waals surface area contributed by atoms with Crippen molar-refractivity contribution < 1.29 is 4.42 Å². The summed E-state index contributed by atoms with van der Waals surface area (Å²) >= 11 is 0. The molecule has 0 amide bonds. The monoisotopic (exact) mass is 880 g/mol. The van der Waals surface area contributed by atoms with E-state index in [9.17, 15) is 0 Å². The summed E-state index contributed by atoms with van der Waals surface area (Å²) in [6, 6.07) is 96.1. The first kappa shape index (κ1) is 40.1. The number of hydrogen-bond acceptors (Lipinski definition) is 2. The third-order valence-corrected chi connectivity index (χ3v) is 13.6. The Bertz CT molecular complexity index is 3940. The molecule has 13 rings (SSSR count). The number of aromatic nitrogens is 1. The van der Waals surface area contributed by atoms with Gasteiger partial charge in [0.15, 0.2) is 0 Å². The molecular weight excluding hydrogens is 837 g/mol. The van der Waals surface area contributed by atoms with Gasteiger partial charge in [0.25, 0.3) is 0 Å². The Labute approximate surface area is 401 Å². The number of fused-ring (bicyclic) bond motifs is 6. The molecule has 0 aliphatic rings. The second-order valence-corrected chi connectivity index (χ2v) is 17.7. The molecule has 11 aromatic carbocycles. The highest BCUT2D eigenvalue weighted by Crippen LogP contribution is 2.43. The third kappa shape index (κ3) is 7.25. The molecule has 0 unspecified atom stereocenters. The van der Waals surface area contributed by atoms with E-state index < -0.39 is 0 Å². The van der Waals surface area contributed by atoms with Crippen molar-refractivity contribution in [2.75, 3.05) is 4.90 Å². The number of para-hydroxylation sites is 4.